The van der Waals surface area contributed by atoms with Crippen LogP contribution < -0.4 is 5.32 Å². The fourth-order valence-corrected chi connectivity index (χ4v) is 1.59. The molecule has 0 amide bonds. The predicted molar refractivity (Wildman–Crippen MR) is 67.9 cm³/mol. The van der Waals surface area contributed by atoms with Crippen LogP contribution in [0.5, 0.6) is 0 Å². The van der Waals surface area contributed by atoms with Crippen LogP contribution in [0.3, 0.4) is 0 Å². The zero-order valence-electron chi connectivity index (χ0n) is 8.43. The van der Waals surface area contributed by atoms with Crippen molar-refractivity contribution in [3.8, 4) is 0 Å². The summed E-state index contributed by atoms with van der Waals surface area (Å²) >= 11 is 6.63. The van der Waals surface area contributed by atoms with Crippen LogP contribution in [-0.4, -0.2) is 26.8 Å². The largest absolute Gasteiger partial charge is 0.449 e. The summed E-state index contributed by atoms with van der Waals surface area (Å²) in [5.41, 5.74) is 0. The molecular weight excluding hydrogens is 326 g/mol. The number of ether oxygens (including phenoxy) is 1. The highest BCUT2D eigenvalue weighted by atomic mass is 79.9. The summed E-state index contributed by atoms with van der Waals surface area (Å²) < 4.78 is 11.9. The normalized spacial score (nSPS) is 11.4. The number of nitrogens with one attached hydrogen (secondary N) is 1. The molecule has 1 rings (SSSR count). The average Bonchev–Trinajstić information content (AvgIpc) is 2.52. The number of rotatable bonds is 6. The van der Waals surface area contributed by atoms with Crippen LogP contribution in [0.15, 0.2) is 25.7 Å². The van der Waals surface area contributed by atoms with Crippen LogP contribution >= 0.6 is 31.9 Å². The molecule has 0 spiro atoms. The van der Waals surface area contributed by atoms with Gasteiger partial charge in [-0.2, -0.15) is 0 Å². The number of hydrogen-bond donors (Lipinski definition) is 1. The first-order chi connectivity index (χ1) is 7.24. The lowest BCUT2D eigenvalue weighted by molar-refractivity contribution is 0.200. The zero-order chi connectivity index (χ0) is 11.1. The van der Waals surface area contributed by atoms with Gasteiger partial charge in [0.1, 0.15) is 5.76 Å². The predicted octanol–water partition coefficient (Wildman–Crippen LogP) is 3.05. The van der Waals surface area contributed by atoms with Gasteiger partial charge in [-0.05, 0) is 44.0 Å². The van der Waals surface area contributed by atoms with Crippen LogP contribution in [0, 0.1) is 0 Å². The van der Waals surface area contributed by atoms with E-state index < -0.39 is 0 Å². The van der Waals surface area contributed by atoms with E-state index in [0.29, 0.717) is 0 Å². The minimum atomic E-state index is 0.717. The van der Waals surface area contributed by atoms with E-state index in [1.807, 2.05) is 18.2 Å². The molecule has 0 unspecified atom stereocenters. The quantitative estimate of drug-likeness (QED) is 0.809. The molecule has 0 aliphatic rings. The maximum absolute atomic E-state index is 5.37. The molecule has 0 saturated heterocycles. The highest BCUT2D eigenvalue weighted by Crippen LogP contribution is 2.27. The molecular formula is C10H13Br2NO2. The Morgan fingerprint density at radius 3 is 2.93 bits per heavy atom. The average molecular weight is 339 g/mol. The zero-order valence-corrected chi connectivity index (χ0v) is 11.6. The van der Waals surface area contributed by atoms with Gasteiger partial charge in [-0.1, -0.05) is 6.08 Å². The summed E-state index contributed by atoms with van der Waals surface area (Å²) in [6, 6.07) is 1.91. The molecule has 0 aliphatic carbocycles. The first-order valence-corrected chi connectivity index (χ1v) is 6.13. The second-order valence-electron chi connectivity index (χ2n) is 2.87. The second kappa shape index (κ2) is 7.22. The molecule has 0 radical (unpaired) electrons. The number of furan rings is 1. The van der Waals surface area contributed by atoms with Gasteiger partial charge < -0.3 is 14.5 Å². The van der Waals surface area contributed by atoms with Crippen LogP contribution in [0.4, 0.5) is 0 Å². The highest BCUT2D eigenvalue weighted by Gasteiger charge is 2.01. The Morgan fingerprint density at radius 2 is 2.33 bits per heavy atom. The van der Waals surface area contributed by atoms with E-state index in [-0.39, 0.29) is 0 Å². The highest BCUT2D eigenvalue weighted by molar-refractivity contribution is 9.13. The molecule has 1 aromatic heterocycles. The summed E-state index contributed by atoms with van der Waals surface area (Å²) in [5, 5.41) is 3.20. The Balaban J connectivity index is 2.26. The first kappa shape index (κ1) is 13.0. The number of hydrogen-bond acceptors (Lipinski definition) is 3. The van der Waals surface area contributed by atoms with E-state index in [1.165, 1.54) is 0 Å². The second-order valence-corrected chi connectivity index (χ2v) is 4.44. The summed E-state index contributed by atoms with van der Waals surface area (Å²) in [4.78, 5) is 0. The molecule has 0 fully saturated rings. The van der Waals surface area contributed by atoms with Crippen molar-refractivity contribution >= 4 is 37.9 Å². The maximum atomic E-state index is 5.37. The van der Waals surface area contributed by atoms with E-state index >= 15 is 0 Å². The number of methoxy groups -OCH3 is 1. The Kier molecular flexibility index (Phi) is 6.24. The van der Waals surface area contributed by atoms with Gasteiger partial charge in [0.25, 0.3) is 0 Å². The van der Waals surface area contributed by atoms with Gasteiger partial charge in [-0.15, -0.1) is 0 Å². The van der Waals surface area contributed by atoms with Crippen molar-refractivity contribution in [1.29, 1.82) is 0 Å². The SMILES string of the molecule is COCCNCC=Cc1cc(Br)c(Br)o1. The van der Waals surface area contributed by atoms with Crippen molar-refractivity contribution in [2.24, 2.45) is 0 Å². The Bertz CT molecular complexity index is 304. The monoisotopic (exact) mass is 337 g/mol. The van der Waals surface area contributed by atoms with Gasteiger partial charge in [0.05, 0.1) is 11.1 Å². The van der Waals surface area contributed by atoms with Crippen molar-refractivity contribution in [3.63, 3.8) is 0 Å². The van der Waals surface area contributed by atoms with E-state index in [4.69, 9.17) is 9.15 Å². The van der Waals surface area contributed by atoms with Gasteiger partial charge in [0.15, 0.2) is 4.67 Å². The van der Waals surface area contributed by atoms with Crippen LogP contribution in [0.25, 0.3) is 6.08 Å². The molecule has 1 heterocycles. The lowest BCUT2D eigenvalue weighted by atomic mass is 10.4. The van der Waals surface area contributed by atoms with Gasteiger partial charge in [0.2, 0.25) is 0 Å². The van der Waals surface area contributed by atoms with Gasteiger partial charge in [-0.25, -0.2) is 0 Å². The van der Waals surface area contributed by atoms with Crippen molar-refractivity contribution in [2.75, 3.05) is 26.8 Å². The van der Waals surface area contributed by atoms with Crippen molar-refractivity contribution in [3.05, 3.63) is 27.0 Å². The first-order valence-electron chi connectivity index (χ1n) is 4.55. The van der Waals surface area contributed by atoms with E-state index in [0.717, 1.165) is 34.6 Å². The minimum absolute atomic E-state index is 0.717. The molecule has 15 heavy (non-hydrogen) atoms. The maximum Gasteiger partial charge on any atom is 0.184 e. The van der Waals surface area contributed by atoms with E-state index in [2.05, 4.69) is 37.2 Å². The fourth-order valence-electron chi connectivity index (χ4n) is 0.980. The summed E-state index contributed by atoms with van der Waals surface area (Å²) in [5.74, 6) is 0.822. The third kappa shape index (κ3) is 4.97. The molecule has 0 bridgehead atoms. The molecule has 84 valence electrons. The summed E-state index contributed by atoms with van der Waals surface area (Å²) in [6.07, 6.45) is 3.93. The van der Waals surface area contributed by atoms with Crippen molar-refractivity contribution in [1.82, 2.24) is 5.32 Å². The Morgan fingerprint density at radius 1 is 1.53 bits per heavy atom. The van der Waals surface area contributed by atoms with Gasteiger partial charge in [-0.3, -0.25) is 0 Å². The van der Waals surface area contributed by atoms with Gasteiger partial charge in [0, 0.05) is 20.2 Å². The molecule has 0 saturated carbocycles. The molecule has 1 N–H and O–H groups in total. The molecule has 3 nitrogen and oxygen atoms in total. The Labute approximate surface area is 106 Å². The molecule has 1 aromatic rings. The van der Waals surface area contributed by atoms with Crippen LogP contribution in [-0.2, 0) is 4.74 Å². The lowest BCUT2D eigenvalue weighted by Crippen LogP contribution is -2.18. The molecule has 0 aromatic carbocycles. The van der Waals surface area contributed by atoms with E-state index in [9.17, 15) is 0 Å². The molecule has 5 heteroatoms. The number of halogens is 2. The molecule has 0 aliphatic heterocycles. The third-order valence-electron chi connectivity index (χ3n) is 1.69. The topological polar surface area (TPSA) is 34.4 Å². The third-order valence-corrected chi connectivity index (χ3v) is 3.40. The smallest absolute Gasteiger partial charge is 0.184 e. The standard InChI is InChI=1S/C10H13Br2NO2/c1-14-6-5-13-4-2-3-8-7-9(11)10(12)15-8/h2-3,7,13H,4-6H2,1H3. The molecule has 0 atom stereocenters. The van der Waals surface area contributed by atoms with Gasteiger partial charge >= 0.3 is 0 Å². The van der Waals surface area contributed by atoms with Crippen LogP contribution in [0.2, 0.25) is 0 Å². The van der Waals surface area contributed by atoms with Crippen molar-refractivity contribution in [2.45, 2.75) is 0 Å². The lowest BCUT2D eigenvalue weighted by Gasteiger charge is -1.98. The Hall–Kier alpha value is -0.100. The van der Waals surface area contributed by atoms with Crippen molar-refractivity contribution < 1.29 is 9.15 Å². The summed E-state index contributed by atoms with van der Waals surface area (Å²) in [6.45, 7) is 2.39. The fraction of sp³-hybridized carbons (Fsp3) is 0.400. The van der Waals surface area contributed by atoms with E-state index in [1.54, 1.807) is 7.11 Å². The minimum Gasteiger partial charge on any atom is -0.449 e. The van der Waals surface area contributed by atoms with Crippen LogP contribution in [0.1, 0.15) is 5.76 Å². The summed E-state index contributed by atoms with van der Waals surface area (Å²) in [7, 11) is 1.69.